The van der Waals surface area contributed by atoms with Gasteiger partial charge in [-0.3, -0.25) is 0 Å². The predicted molar refractivity (Wildman–Crippen MR) is 66.0 cm³/mol. The number of thiocarbonyl (C=S) groups is 1. The van der Waals surface area contributed by atoms with E-state index in [9.17, 15) is 0 Å². The monoisotopic (exact) mass is 244 g/mol. The van der Waals surface area contributed by atoms with Crippen molar-refractivity contribution in [3.05, 3.63) is 34.9 Å². The molecule has 0 amide bonds. The van der Waals surface area contributed by atoms with Crippen molar-refractivity contribution in [2.75, 3.05) is 13.7 Å². The van der Waals surface area contributed by atoms with E-state index < -0.39 is 0 Å². The third kappa shape index (κ3) is 4.03. The molecule has 0 bridgehead atoms. The zero-order valence-electron chi connectivity index (χ0n) is 8.37. The van der Waals surface area contributed by atoms with E-state index in [0.717, 1.165) is 5.56 Å². The summed E-state index contributed by atoms with van der Waals surface area (Å²) >= 11 is 10.6. The zero-order valence-corrected chi connectivity index (χ0v) is 9.94. The fourth-order valence-corrected chi connectivity index (χ4v) is 1.52. The van der Waals surface area contributed by atoms with Crippen molar-refractivity contribution in [1.82, 2.24) is 5.32 Å². The summed E-state index contributed by atoms with van der Waals surface area (Å²) in [5.74, 6) is 0. The third-order valence-corrected chi connectivity index (χ3v) is 2.29. The molecule has 0 aliphatic rings. The van der Waals surface area contributed by atoms with Crippen LogP contribution in [0.3, 0.4) is 0 Å². The highest BCUT2D eigenvalue weighted by molar-refractivity contribution is 7.80. The van der Waals surface area contributed by atoms with Crippen LogP contribution in [0.25, 0.3) is 0 Å². The quantitative estimate of drug-likeness (QED) is 0.794. The average molecular weight is 245 g/mol. The lowest BCUT2D eigenvalue weighted by atomic mass is 10.1. The van der Waals surface area contributed by atoms with Crippen molar-refractivity contribution in [3.63, 3.8) is 0 Å². The van der Waals surface area contributed by atoms with Gasteiger partial charge < -0.3 is 15.8 Å². The molecule has 1 aromatic carbocycles. The molecule has 1 atom stereocenters. The highest BCUT2D eigenvalue weighted by Crippen LogP contribution is 2.16. The molecule has 0 spiro atoms. The molecule has 0 saturated heterocycles. The van der Waals surface area contributed by atoms with Crippen LogP contribution in [-0.2, 0) is 4.74 Å². The van der Waals surface area contributed by atoms with Crippen molar-refractivity contribution in [1.29, 1.82) is 0 Å². The van der Waals surface area contributed by atoms with Gasteiger partial charge in [-0.2, -0.15) is 0 Å². The maximum atomic E-state index is 5.80. The predicted octanol–water partition coefficient (Wildman–Crippen LogP) is 1.86. The summed E-state index contributed by atoms with van der Waals surface area (Å²) < 4.78 is 5.08. The molecule has 0 saturated carbocycles. The SMILES string of the molecule is COCC(NC(N)=S)c1ccc(Cl)cc1. The van der Waals surface area contributed by atoms with Crippen molar-refractivity contribution in [3.8, 4) is 0 Å². The molecule has 1 aromatic rings. The average Bonchev–Trinajstić information content (AvgIpc) is 2.17. The Bertz CT molecular complexity index is 329. The molecule has 3 nitrogen and oxygen atoms in total. The summed E-state index contributed by atoms with van der Waals surface area (Å²) in [6.45, 7) is 0.499. The molecule has 15 heavy (non-hydrogen) atoms. The molecule has 0 heterocycles. The number of hydrogen-bond donors (Lipinski definition) is 2. The van der Waals surface area contributed by atoms with Crippen LogP contribution in [0.1, 0.15) is 11.6 Å². The molecule has 0 aliphatic heterocycles. The second kappa shape index (κ2) is 5.90. The van der Waals surface area contributed by atoms with Crippen LogP contribution >= 0.6 is 23.8 Å². The van der Waals surface area contributed by atoms with Crippen LogP contribution in [0, 0.1) is 0 Å². The Balaban J connectivity index is 2.78. The van der Waals surface area contributed by atoms with E-state index in [4.69, 9.17) is 34.3 Å². The molecular formula is C10H13ClN2OS. The zero-order chi connectivity index (χ0) is 11.3. The van der Waals surface area contributed by atoms with E-state index in [0.29, 0.717) is 11.6 Å². The van der Waals surface area contributed by atoms with Gasteiger partial charge in [-0.1, -0.05) is 23.7 Å². The van der Waals surface area contributed by atoms with Crippen LogP contribution in [0.2, 0.25) is 5.02 Å². The van der Waals surface area contributed by atoms with E-state index in [2.05, 4.69) is 5.32 Å². The summed E-state index contributed by atoms with van der Waals surface area (Å²) in [6.07, 6.45) is 0. The number of benzene rings is 1. The van der Waals surface area contributed by atoms with E-state index >= 15 is 0 Å². The minimum atomic E-state index is -0.0373. The van der Waals surface area contributed by atoms with Crippen LogP contribution < -0.4 is 11.1 Å². The lowest BCUT2D eigenvalue weighted by Gasteiger charge is -2.18. The minimum Gasteiger partial charge on any atom is -0.382 e. The first-order chi connectivity index (χ1) is 7.13. The molecule has 1 unspecified atom stereocenters. The van der Waals surface area contributed by atoms with E-state index in [-0.39, 0.29) is 11.2 Å². The number of nitrogens with one attached hydrogen (secondary N) is 1. The van der Waals surface area contributed by atoms with Gasteiger partial charge in [-0.05, 0) is 29.9 Å². The lowest BCUT2D eigenvalue weighted by molar-refractivity contribution is 0.174. The molecule has 0 fully saturated rings. The Morgan fingerprint density at radius 2 is 2.13 bits per heavy atom. The largest absolute Gasteiger partial charge is 0.382 e. The van der Waals surface area contributed by atoms with Gasteiger partial charge in [-0.15, -0.1) is 0 Å². The first kappa shape index (κ1) is 12.2. The Hall–Kier alpha value is -0.840. The molecule has 5 heteroatoms. The summed E-state index contributed by atoms with van der Waals surface area (Å²) in [5.41, 5.74) is 6.47. The van der Waals surface area contributed by atoms with Crippen molar-refractivity contribution in [2.45, 2.75) is 6.04 Å². The Kier molecular flexibility index (Phi) is 4.81. The Morgan fingerprint density at radius 3 is 2.60 bits per heavy atom. The molecular weight excluding hydrogens is 232 g/mol. The molecule has 0 aliphatic carbocycles. The van der Waals surface area contributed by atoms with E-state index in [1.165, 1.54) is 0 Å². The lowest BCUT2D eigenvalue weighted by Crippen LogP contribution is -2.35. The molecule has 3 N–H and O–H groups in total. The normalized spacial score (nSPS) is 12.1. The van der Waals surface area contributed by atoms with Crippen LogP contribution in [0.4, 0.5) is 0 Å². The summed E-state index contributed by atoms with van der Waals surface area (Å²) in [4.78, 5) is 0. The van der Waals surface area contributed by atoms with Crippen LogP contribution in [0.15, 0.2) is 24.3 Å². The van der Waals surface area contributed by atoms with Gasteiger partial charge in [0, 0.05) is 12.1 Å². The van der Waals surface area contributed by atoms with Crippen LogP contribution in [0.5, 0.6) is 0 Å². The van der Waals surface area contributed by atoms with Gasteiger partial charge in [0.1, 0.15) is 0 Å². The maximum absolute atomic E-state index is 5.80. The smallest absolute Gasteiger partial charge is 0.164 e. The second-order valence-electron chi connectivity index (χ2n) is 3.07. The topological polar surface area (TPSA) is 47.3 Å². The standard InChI is InChI=1S/C10H13ClN2OS/c1-14-6-9(13-10(12)15)7-2-4-8(11)5-3-7/h2-5,9H,6H2,1H3,(H3,12,13,15). The summed E-state index contributed by atoms with van der Waals surface area (Å²) in [7, 11) is 1.63. The molecule has 1 rings (SSSR count). The van der Waals surface area contributed by atoms with Gasteiger partial charge >= 0.3 is 0 Å². The fraction of sp³-hybridized carbons (Fsp3) is 0.300. The number of methoxy groups -OCH3 is 1. The Morgan fingerprint density at radius 1 is 1.53 bits per heavy atom. The number of rotatable bonds is 4. The fourth-order valence-electron chi connectivity index (χ4n) is 1.25. The first-order valence-electron chi connectivity index (χ1n) is 4.44. The highest BCUT2D eigenvalue weighted by Gasteiger charge is 2.10. The van der Waals surface area contributed by atoms with E-state index in [1.54, 1.807) is 7.11 Å². The van der Waals surface area contributed by atoms with Crippen LogP contribution in [-0.4, -0.2) is 18.8 Å². The van der Waals surface area contributed by atoms with Gasteiger partial charge in [0.05, 0.1) is 12.6 Å². The number of ether oxygens (including phenoxy) is 1. The maximum Gasteiger partial charge on any atom is 0.164 e. The number of hydrogen-bond acceptors (Lipinski definition) is 2. The van der Waals surface area contributed by atoms with E-state index in [1.807, 2.05) is 24.3 Å². The van der Waals surface area contributed by atoms with Crippen molar-refractivity contribution < 1.29 is 4.74 Å². The third-order valence-electron chi connectivity index (χ3n) is 1.92. The molecule has 82 valence electrons. The number of nitrogens with two attached hydrogens (primary N) is 1. The van der Waals surface area contributed by atoms with Gasteiger partial charge in [0.2, 0.25) is 0 Å². The molecule has 0 aromatic heterocycles. The van der Waals surface area contributed by atoms with Crippen molar-refractivity contribution in [2.24, 2.45) is 5.73 Å². The van der Waals surface area contributed by atoms with Gasteiger partial charge in [0.25, 0.3) is 0 Å². The summed E-state index contributed by atoms with van der Waals surface area (Å²) in [5, 5.41) is 3.91. The minimum absolute atomic E-state index is 0.0373. The van der Waals surface area contributed by atoms with Gasteiger partial charge in [-0.25, -0.2) is 0 Å². The Labute approximate surface area is 99.6 Å². The molecule has 0 radical (unpaired) electrons. The second-order valence-corrected chi connectivity index (χ2v) is 3.94. The first-order valence-corrected chi connectivity index (χ1v) is 5.22. The van der Waals surface area contributed by atoms with Gasteiger partial charge in [0.15, 0.2) is 5.11 Å². The number of halogens is 1. The summed E-state index contributed by atoms with van der Waals surface area (Å²) in [6, 6.07) is 7.43. The highest BCUT2D eigenvalue weighted by atomic mass is 35.5. The van der Waals surface area contributed by atoms with Crippen molar-refractivity contribution >= 4 is 28.9 Å².